The zero-order valence-corrected chi connectivity index (χ0v) is 15.0. The monoisotopic (exact) mass is 368 g/mol. The van der Waals surface area contributed by atoms with Crippen molar-refractivity contribution in [3.63, 3.8) is 0 Å². The second kappa shape index (κ2) is 6.80. The summed E-state index contributed by atoms with van der Waals surface area (Å²) in [7, 11) is 0. The number of thiophene rings is 1. The quantitative estimate of drug-likeness (QED) is 0.554. The first-order valence-corrected chi connectivity index (χ1v) is 9.06. The number of hydrogen-bond donors (Lipinski definition) is 1. The lowest BCUT2D eigenvalue weighted by Crippen LogP contribution is -2.25. The molecule has 0 aliphatic carbocycles. The summed E-state index contributed by atoms with van der Waals surface area (Å²) in [5, 5.41) is 2.89. The molecule has 0 aliphatic heterocycles. The Morgan fingerprint density at radius 3 is 2.77 bits per heavy atom. The number of fused-ring (bicyclic) bond motifs is 1. The Balaban J connectivity index is 1.65. The van der Waals surface area contributed by atoms with Crippen molar-refractivity contribution in [3.05, 3.63) is 82.5 Å². The third kappa shape index (κ3) is 3.28. The molecule has 0 saturated heterocycles. The fourth-order valence-electron chi connectivity index (χ4n) is 2.97. The Bertz CT molecular complexity index is 1050. The lowest BCUT2D eigenvalue weighted by molar-refractivity contribution is 0.0939. The Morgan fingerprint density at radius 1 is 1.23 bits per heavy atom. The van der Waals surface area contributed by atoms with Crippen molar-refractivity contribution in [3.8, 4) is 0 Å². The van der Waals surface area contributed by atoms with Gasteiger partial charge in [-0.2, -0.15) is 0 Å². The van der Waals surface area contributed by atoms with Crippen LogP contribution in [0.15, 0.2) is 59.2 Å². The van der Waals surface area contributed by atoms with Crippen LogP contribution in [0.1, 0.15) is 26.7 Å². The average molecular weight is 368 g/mol. The molecule has 26 heavy (non-hydrogen) atoms. The van der Waals surface area contributed by atoms with Crippen LogP contribution in [0.5, 0.6) is 0 Å². The molecule has 0 bridgehead atoms. The van der Waals surface area contributed by atoms with Gasteiger partial charge >= 0.3 is 0 Å². The minimum Gasteiger partial charge on any atom is -0.467 e. The van der Waals surface area contributed by atoms with Crippen molar-refractivity contribution in [1.82, 2.24) is 9.88 Å². The van der Waals surface area contributed by atoms with E-state index in [1.165, 1.54) is 17.0 Å². The first-order valence-electron chi connectivity index (χ1n) is 8.25. The molecule has 0 unspecified atom stereocenters. The molecular formula is C20H17FN2O2S. The molecule has 0 aliphatic rings. The SMILES string of the molecule is Cc1cc2c(cc(C(=O)NCc3ccco3)n2Cc2ccc(F)cc2)s1. The van der Waals surface area contributed by atoms with Gasteiger partial charge < -0.3 is 14.3 Å². The summed E-state index contributed by atoms with van der Waals surface area (Å²) in [4.78, 5) is 13.9. The Labute approximate surface area is 153 Å². The second-order valence-electron chi connectivity index (χ2n) is 6.11. The average Bonchev–Trinajstić information content (AvgIpc) is 3.32. The van der Waals surface area contributed by atoms with Crippen molar-refractivity contribution in [2.45, 2.75) is 20.0 Å². The first-order chi connectivity index (χ1) is 12.6. The highest BCUT2D eigenvalue weighted by atomic mass is 32.1. The number of aromatic nitrogens is 1. The molecule has 3 heterocycles. The van der Waals surface area contributed by atoms with Gasteiger partial charge in [0.25, 0.3) is 5.91 Å². The number of hydrogen-bond acceptors (Lipinski definition) is 3. The summed E-state index contributed by atoms with van der Waals surface area (Å²) in [5.41, 5.74) is 2.54. The van der Waals surface area contributed by atoms with Crippen molar-refractivity contribution >= 4 is 27.5 Å². The minimum absolute atomic E-state index is 0.162. The number of carbonyl (C=O) groups excluding carboxylic acids is 1. The number of benzene rings is 1. The summed E-state index contributed by atoms with van der Waals surface area (Å²) in [6, 6.07) is 13.9. The zero-order chi connectivity index (χ0) is 18.1. The Morgan fingerprint density at radius 2 is 2.04 bits per heavy atom. The number of rotatable bonds is 5. The molecule has 1 aromatic carbocycles. The number of furan rings is 1. The van der Waals surface area contributed by atoms with Crippen LogP contribution < -0.4 is 5.32 Å². The maximum absolute atomic E-state index is 13.2. The predicted octanol–water partition coefficient (Wildman–Crippen LogP) is 4.72. The van der Waals surface area contributed by atoms with Gasteiger partial charge in [-0.25, -0.2) is 4.39 Å². The highest BCUT2D eigenvalue weighted by molar-refractivity contribution is 7.19. The molecule has 0 atom stereocenters. The molecule has 132 valence electrons. The third-order valence-corrected chi connectivity index (χ3v) is 5.19. The summed E-state index contributed by atoms with van der Waals surface area (Å²) >= 11 is 1.65. The smallest absolute Gasteiger partial charge is 0.268 e. The van der Waals surface area contributed by atoms with Crippen LogP contribution in [0.4, 0.5) is 4.39 Å². The molecule has 0 fully saturated rings. The topological polar surface area (TPSA) is 47.2 Å². The minimum atomic E-state index is -0.269. The molecular weight excluding hydrogens is 351 g/mol. The third-order valence-electron chi connectivity index (χ3n) is 4.20. The number of halogens is 1. The van der Waals surface area contributed by atoms with Crippen LogP contribution in [0, 0.1) is 12.7 Å². The predicted molar refractivity (Wildman–Crippen MR) is 99.9 cm³/mol. The summed E-state index contributed by atoms with van der Waals surface area (Å²) in [5.74, 6) is 0.270. The van der Waals surface area contributed by atoms with Gasteiger partial charge in [0.15, 0.2) is 0 Å². The van der Waals surface area contributed by atoms with E-state index < -0.39 is 0 Å². The van der Waals surface area contributed by atoms with Crippen LogP contribution in [-0.2, 0) is 13.1 Å². The van der Waals surface area contributed by atoms with E-state index in [9.17, 15) is 9.18 Å². The van der Waals surface area contributed by atoms with Gasteiger partial charge in [0.2, 0.25) is 0 Å². The number of nitrogens with zero attached hydrogens (tertiary/aromatic N) is 1. The van der Waals surface area contributed by atoms with E-state index >= 15 is 0 Å². The lowest BCUT2D eigenvalue weighted by Gasteiger charge is -2.11. The Hall–Kier alpha value is -2.86. The summed E-state index contributed by atoms with van der Waals surface area (Å²) < 4.78 is 21.5. The van der Waals surface area contributed by atoms with E-state index in [0.29, 0.717) is 24.5 Å². The fraction of sp³-hybridized carbons (Fsp3) is 0.150. The van der Waals surface area contributed by atoms with Crippen LogP contribution in [0.3, 0.4) is 0 Å². The van der Waals surface area contributed by atoms with E-state index in [4.69, 9.17) is 4.42 Å². The molecule has 6 heteroatoms. The van der Waals surface area contributed by atoms with E-state index in [-0.39, 0.29) is 11.7 Å². The van der Waals surface area contributed by atoms with E-state index in [0.717, 1.165) is 15.8 Å². The van der Waals surface area contributed by atoms with Crippen molar-refractivity contribution in [2.24, 2.45) is 0 Å². The Kier molecular flexibility index (Phi) is 4.34. The number of aryl methyl sites for hydroxylation is 1. The van der Waals surface area contributed by atoms with Crippen molar-refractivity contribution in [2.75, 3.05) is 0 Å². The molecule has 3 aromatic heterocycles. The van der Waals surface area contributed by atoms with E-state index in [2.05, 4.69) is 11.4 Å². The standard InChI is InChI=1S/C20H17FN2O2S/c1-13-9-17-19(26-13)10-18(20(24)22-11-16-3-2-8-25-16)23(17)12-14-4-6-15(21)7-5-14/h2-10H,11-12H2,1H3,(H,22,24). The molecule has 1 amide bonds. The molecule has 0 spiro atoms. The molecule has 0 radical (unpaired) electrons. The van der Waals surface area contributed by atoms with Gasteiger partial charge in [-0.3, -0.25) is 4.79 Å². The fourth-order valence-corrected chi connectivity index (χ4v) is 3.93. The van der Waals surface area contributed by atoms with Crippen molar-refractivity contribution < 1.29 is 13.6 Å². The van der Waals surface area contributed by atoms with E-state index in [1.807, 2.05) is 23.6 Å². The van der Waals surface area contributed by atoms with Gasteiger partial charge in [-0.15, -0.1) is 11.3 Å². The summed E-state index contributed by atoms with van der Waals surface area (Å²) in [6.07, 6.45) is 1.58. The van der Waals surface area contributed by atoms with Gasteiger partial charge in [0, 0.05) is 11.4 Å². The second-order valence-corrected chi connectivity index (χ2v) is 7.40. The number of nitrogens with one attached hydrogen (secondary N) is 1. The van der Waals surface area contributed by atoms with Gasteiger partial charge in [0.05, 0.1) is 23.0 Å². The molecule has 0 saturated carbocycles. The lowest BCUT2D eigenvalue weighted by atomic mass is 10.2. The highest BCUT2D eigenvalue weighted by Crippen LogP contribution is 2.29. The number of amides is 1. The molecule has 1 N–H and O–H groups in total. The molecule has 4 aromatic rings. The largest absolute Gasteiger partial charge is 0.467 e. The van der Waals surface area contributed by atoms with Crippen LogP contribution in [0.2, 0.25) is 0 Å². The summed E-state index contributed by atoms with van der Waals surface area (Å²) in [6.45, 7) is 2.88. The highest BCUT2D eigenvalue weighted by Gasteiger charge is 2.18. The van der Waals surface area contributed by atoms with Gasteiger partial charge in [-0.05, 0) is 48.9 Å². The normalized spacial score (nSPS) is 11.2. The van der Waals surface area contributed by atoms with Crippen molar-refractivity contribution in [1.29, 1.82) is 0 Å². The first kappa shape index (κ1) is 16.6. The van der Waals surface area contributed by atoms with E-state index in [1.54, 1.807) is 35.8 Å². The zero-order valence-electron chi connectivity index (χ0n) is 14.2. The number of carbonyl (C=O) groups is 1. The van der Waals surface area contributed by atoms with Crippen LogP contribution in [-0.4, -0.2) is 10.5 Å². The van der Waals surface area contributed by atoms with Gasteiger partial charge in [-0.1, -0.05) is 12.1 Å². The molecule has 4 rings (SSSR count). The van der Waals surface area contributed by atoms with Crippen LogP contribution >= 0.6 is 11.3 Å². The van der Waals surface area contributed by atoms with Crippen LogP contribution in [0.25, 0.3) is 10.2 Å². The van der Waals surface area contributed by atoms with Gasteiger partial charge in [0.1, 0.15) is 17.3 Å². The molecule has 4 nitrogen and oxygen atoms in total. The maximum atomic E-state index is 13.2. The maximum Gasteiger partial charge on any atom is 0.268 e.